The van der Waals surface area contributed by atoms with Crippen LogP contribution in [0, 0.1) is 23.7 Å². The summed E-state index contributed by atoms with van der Waals surface area (Å²) in [6, 6.07) is 0. The van der Waals surface area contributed by atoms with Crippen LogP contribution in [-0.2, 0) is 13.9 Å². The third kappa shape index (κ3) is 5.80. The van der Waals surface area contributed by atoms with Crippen molar-refractivity contribution in [3.8, 4) is 11.8 Å². The number of unbranched alkanes of at least 4 members (excludes halogenated alkanes) is 2. The highest BCUT2D eigenvalue weighted by Gasteiger charge is 2.49. The molecule has 156 valence electrons. The first-order valence-electron chi connectivity index (χ1n) is 10.6. The Labute approximate surface area is 167 Å². The molecular formula is C22H40O4Si. The molecule has 27 heavy (non-hydrogen) atoms. The highest BCUT2D eigenvalue weighted by Crippen LogP contribution is 2.43. The quantitative estimate of drug-likeness (QED) is 0.384. The van der Waals surface area contributed by atoms with Crippen molar-refractivity contribution in [2.75, 3.05) is 7.11 Å². The lowest BCUT2D eigenvalue weighted by Gasteiger charge is -2.38. The maximum atomic E-state index is 10.5. The van der Waals surface area contributed by atoms with Gasteiger partial charge >= 0.3 is 0 Å². The molecule has 1 aliphatic heterocycles. The summed E-state index contributed by atoms with van der Waals surface area (Å²) in [6.45, 7) is 13.6. The van der Waals surface area contributed by atoms with Gasteiger partial charge in [-0.05, 0) is 31.0 Å². The summed E-state index contributed by atoms with van der Waals surface area (Å²) in [5.41, 5.74) is 0. The largest absolute Gasteiger partial charge is 0.403 e. The van der Waals surface area contributed by atoms with Gasteiger partial charge < -0.3 is 19.0 Å². The molecule has 6 atom stereocenters. The summed E-state index contributed by atoms with van der Waals surface area (Å²) in [7, 11) is -0.195. The van der Waals surface area contributed by atoms with E-state index in [1.54, 1.807) is 7.11 Å². The molecule has 0 radical (unpaired) electrons. The topological polar surface area (TPSA) is 47.9 Å². The van der Waals surface area contributed by atoms with Crippen molar-refractivity contribution in [1.82, 2.24) is 0 Å². The molecule has 1 unspecified atom stereocenters. The molecule has 2 fully saturated rings. The van der Waals surface area contributed by atoms with Crippen LogP contribution in [0.15, 0.2) is 0 Å². The van der Waals surface area contributed by atoms with Crippen LogP contribution in [0.4, 0.5) is 0 Å². The zero-order chi connectivity index (χ0) is 20.2. The molecule has 2 rings (SSSR count). The van der Waals surface area contributed by atoms with Crippen molar-refractivity contribution in [1.29, 1.82) is 0 Å². The van der Waals surface area contributed by atoms with Gasteiger partial charge in [-0.2, -0.15) is 0 Å². The average molecular weight is 397 g/mol. The first-order valence-corrected chi connectivity index (χ1v) is 13.5. The number of rotatable bonds is 7. The van der Waals surface area contributed by atoms with Gasteiger partial charge in [-0.3, -0.25) is 0 Å². The molecule has 0 aromatic heterocycles. The predicted octanol–water partition coefficient (Wildman–Crippen LogP) is 4.72. The Balaban J connectivity index is 2.10. The minimum Gasteiger partial charge on any atom is -0.403 e. The monoisotopic (exact) mass is 396 g/mol. The van der Waals surface area contributed by atoms with E-state index in [4.69, 9.17) is 13.9 Å². The Kier molecular flexibility index (Phi) is 7.98. The van der Waals surface area contributed by atoms with E-state index in [-0.39, 0.29) is 35.4 Å². The van der Waals surface area contributed by atoms with E-state index < -0.39 is 14.4 Å². The Bertz CT molecular complexity index is 531. The zero-order valence-corrected chi connectivity index (χ0v) is 19.4. The Hall–Kier alpha value is -0.383. The molecule has 1 N–H and O–H groups in total. The van der Waals surface area contributed by atoms with E-state index in [0.29, 0.717) is 6.42 Å². The molecule has 2 aliphatic rings. The van der Waals surface area contributed by atoms with Crippen molar-refractivity contribution in [2.24, 2.45) is 11.8 Å². The first-order chi connectivity index (χ1) is 12.6. The Morgan fingerprint density at radius 3 is 2.52 bits per heavy atom. The fourth-order valence-corrected chi connectivity index (χ4v) is 5.06. The van der Waals surface area contributed by atoms with Gasteiger partial charge in [0.05, 0.1) is 18.1 Å². The highest BCUT2D eigenvalue weighted by atomic mass is 28.4. The Morgan fingerprint density at radius 2 is 1.93 bits per heavy atom. The fraction of sp³-hybridized carbons (Fsp3) is 0.909. The van der Waals surface area contributed by atoms with E-state index in [9.17, 15) is 5.11 Å². The molecular weight excluding hydrogens is 356 g/mol. The van der Waals surface area contributed by atoms with Gasteiger partial charge in [0.2, 0.25) is 0 Å². The van der Waals surface area contributed by atoms with Crippen LogP contribution in [0.2, 0.25) is 18.1 Å². The fourth-order valence-electron chi connectivity index (χ4n) is 3.82. The van der Waals surface area contributed by atoms with Gasteiger partial charge in [0.25, 0.3) is 0 Å². The second-order valence-electron chi connectivity index (χ2n) is 9.72. The molecule has 1 heterocycles. The van der Waals surface area contributed by atoms with Crippen LogP contribution in [0.1, 0.15) is 66.2 Å². The summed E-state index contributed by atoms with van der Waals surface area (Å²) in [6.07, 6.45) is 5.47. The molecule has 1 aliphatic carbocycles. The number of hydrogen-bond donors (Lipinski definition) is 1. The lowest BCUT2D eigenvalue weighted by molar-refractivity contribution is -0.118. The minimum atomic E-state index is -1.87. The third-order valence-corrected chi connectivity index (χ3v) is 11.1. The van der Waals surface area contributed by atoms with E-state index in [1.165, 1.54) is 12.8 Å². The number of aliphatic hydroxyl groups excluding tert-OH is 1. The summed E-state index contributed by atoms with van der Waals surface area (Å²) >= 11 is 0. The summed E-state index contributed by atoms with van der Waals surface area (Å²) in [4.78, 5) is 0. The molecule has 0 aromatic rings. The summed E-state index contributed by atoms with van der Waals surface area (Å²) < 4.78 is 17.9. The number of fused-ring (bicyclic) bond motifs is 1. The predicted molar refractivity (Wildman–Crippen MR) is 112 cm³/mol. The average Bonchev–Trinajstić information content (AvgIpc) is 3.08. The van der Waals surface area contributed by atoms with Crippen LogP contribution in [-0.4, -0.2) is 45.1 Å². The van der Waals surface area contributed by atoms with Crippen molar-refractivity contribution in [2.45, 2.75) is 109 Å². The van der Waals surface area contributed by atoms with E-state index in [0.717, 1.165) is 19.3 Å². The maximum absolute atomic E-state index is 10.5. The molecule has 1 saturated carbocycles. The first kappa shape index (κ1) is 22.9. The maximum Gasteiger partial charge on any atom is 0.193 e. The Morgan fingerprint density at radius 1 is 1.22 bits per heavy atom. The van der Waals surface area contributed by atoms with E-state index >= 15 is 0 Å². The standard InChI is InChI=1S/C22H40O4Si/c1-8-9-10-11-16(26-27(6,7)22(2,3)4)12-13-17-18-14-21(24-5)25-20(18)15-19(17)23/h16-21,23H,8-11,14-15H2,1-7H3/t16-,17+,18+,19+,20-,21?/m0/s1. The van der Waals surface area contributed by atoms with Crippen molar-refractivity contribution in [3.05, 3.63) is 0 Å². The van der Waals surface area contributed by atoms with Crippen LogP contribution < -0.4 is 0 Å². The van der Waals surface area contributed by atoms with Gasteiger partial charge in [-0.25, -0.2) is 0 Å². The highest BCUT2D eigenvalue weighted by molar-refractivity contribution is 6.74. The van der Waals surface area contributed by atoms with Crippen LogP contribution in [0.3, 0.4) is 0 Å². The van der Waals surface area contributed by atoms with Crippen LogP contribution in [0.25, 0.3) is 0 Å². The number of methoxy groups -OCH3 is 1. The molecule has 4 nitrogen and oxygen atoms in total. The van der Waals surface area contributed by atoms with Crippen molar-refractivity contribution < 1.29 is 19.0 Å². The third-order valence-electron chi connectivity index (χ3n) is 6.61. The smallest absolute Gasteiger partial charge is 0.193 e. The van der Waals surface area contributed by atoms with E-state index in [1.807, 2.05) is 0 Å². The van der Waals surface area contributed by atoms with Gasteiger partial charge in [-0.1, -0.05) is 52.4 Å². The zero-order valence-electron chi connectivity index (χ0n) is 18.4. The molecule has 0 aromatic carbocycles. The van der Waals surface area contributed by atoms with E-state index in [2.05, 4.69) is 52.6 Å². The molecule has 0 bridgehead atoms. The van der Waals surface area contributed by atoms with Crippen molar-refractivity contribution in [3.63, 3.8) is 0 Å². The van der Waals surface area contributed by atoms with Gasteiger partial charge in [-0.15, -0.1) is 0 Å². The van der Waals surface area contributed by atoms with Crippen LogP contribution >= 0.6 is 0 Å². The lowest BCUT2D eigenvalue weighted by Crippen LogP contribution is -2.43. The SMILES string of the molecule is CCCCC[C@@H](C#C[C@@H]1[C@H]2CC(OC)O[C@H]2C[C@H]1O)O[Si](C)(C)C(C)(C)C. The molecule has 0 spiro atoms. The van der Waals surface area contributed by atoms with Gasteiger partial charge in [0.1, 0.15) is 6.10 Å². The second-order valence-corrected chi connectivity index (χ2v) is 14.5. The lowest BCUT2D eigenvalue weighted by atomic mass is 9.92. The number of aliphatic hydroxyl groups is 1. The van der Waals surface area contributed by atoms with Crippen LogP contribution in [0.5, 0.6) is 0 Å². The molecule has 0 amide bonds. The summed E-state index contributed by atoms with van der Waals surface area (Å²) in [5.74, 6) is 7.07. The number of ether oxygens (including phenoxy) is 2. The summed E-state index contributed by atoms with van der Waals surface area (Å²) in [5, 5.41) is 10.7. The molecule has 5 heteroatoms. The van der Waals surface area contributed by atoms with Gasteiger partial charge in [0.15, 0.2) is 14.6 Å². The minimum absolute atomic E-state index is 0.0353. The molecule has 1 saturated heterocycles. The van der Waals surface area contributed by atoms with Gasteiger partial charge in [0, 0.05) is 25.9 Å². The normalized spacial score (nSPS) is 32.1. The number of hydrogen-bond acceptors (Lipinski definition) is 4. The van der Waals surface area contributed by atoms with Crippen molar-refractivity contribution >= 4 is 8.32 Å². The second kappa shape index (κ2) is 9.41.